The summed E-state index contributed by atoms with van der Waals surface area (Å²) in [5.41, 5.74) is 0.442. The fraction of sp³-hybridized carbons (Fsp3) is 0. The number of benzene rings is 2. The van der Waals surface area contributed by atoms with Gasteiger partial charge in [-0.1, -0.05) is 47.5 Å². The van der Waals surface area contributed by atoms with Crippen LogP contribution in [0.2, 0.25) is 10.0 Å². The quantitative estimate of drug-likeness (QED) is 0.731. The fourth-order valence-electron chi connectivity index (χ4n) is 1.43. The first-order valence-corrected chi connectivity index (χ1v) is 5.58. The van der Waals surface area contributed by atoms with Crippen molar-refractivity contribution in [2.24, 2.45) is 0 Å². The number of halogens is 4. The van der Waals surface area contributed by atoms with Crippen LogP contribution in [-0.2, 0) is 0 Å². The molecule has 0 heterocycles. The normalized spacial score (nSPS) is 10.6. The second kappa shape index (κ2) is 5.03. The molecule has 0 atom stereocenters. The Morgan fingerprint density at radius 3 is 1.59 bits per heavy atom. The van der Waals surface area contributed by atoms with Crippen molar-refractivity contribution in [3.63, 3.8) is 0 Å². The van der Waals surface area contributed by atoms with E-state index in [1.54, 1.807) is 12.1 Å². The van der Waals surface area contributed by atoms with Crippen LogP contribution in [-0.4, -0.2) is 0 Å². The summed E-state index contributed by atoms with van der Waals surface area (Å²) in [5, 5.41) is 0.00220. The third-order valence-corrected chi connectivity index (χ3v) is 2.86. The summed E-state index contributed by atoms with van der Waals surface area (Å²) >= 11 is 11.3. The van der Waals surface area contributed by atoms with Gasteiger partial charge in [0.25, 0.3) is 0 Å². The van der Waals surface area contributed by atoms with Gasteiger partial charge in [-0.25, -0.2) is 8.78 Å². The van der Waals surface area contributed by atoms with Gasteiger partial charge in [-0.15, -0.1) is 0 Å². The molecule has 0 aliphatic rings. The van der Waals surface area contributed by atoms with Crippen molar-refractivity contribution in [2.75, 3.05) is 0 Å². The van der Waals surface area contributed by atoms with Crippen molar-refractivity contribution in [3.05, 3.63) is 75.6 Å². The molecule has 87 valence electrons. The Kier molecular flexibility index (Phi) is 3.65. The van der Waals surface area contributed by atoms with Crippen molar-refractivity contribution in [3.8, 4) is 0 Å². The summed E-state index contributed by atoms with van der Waals surface area (Å²) in [6.07, 6.45) is 1.36. The van der Waals surface area contributed by atoms with Crippen LogP contribution >= 0.6 is 23.2 Å². The minimum atomic E-state index is -0.575. The van der Waals surface area contributed by atoms with Gasteiger partial charge in [-0.3, -0.25) is 0 Å². The molecule has 0 saturated heterocycles. The molecule has 0 aliphatic heterocycles. The molecule has 0 N–H and O–H groups in total. The Balaban J connectivity index is 2.38. The second-order valence-electron chi connectivity index (χ2n) is 3.43. The molecule has 0 saturated carbocycles. The summed E-state index contributed by atoms with van der Waals surface area (Å²) in [6, 6.07) is 9.09. The Bertz CT molecular complexity index is 504. The summed E-state index contributed by atoms with van der Waals surface area (Å²) in [5.74, 6) is -1.15. The molecule has 0 bridgehead atoms. The molecular weight excluding hydrogens is 265 g/mol. The van der Waals surface area contributed by atoms with Gasteiger partial charge in [-0.05, 0) is 23.3 Å². The van der Waals surface area contributed by atoms with E-state index in [-0.39, 0.29) is 21.2 Å². The van der Waals surface area contributed by atoms with Crippen molar-refractivity contribution < 1.29 is 8.78 Å². The maximum Gasteiger partial charge on any atom is 0.145 e. The highest BCUT2D eigenvalue weighted by Crippen LogP contribution is 2.25. The number of hydrogen-bond acceptors (Lipinski definition) is 0. The van der Waals surface area contributed by atoms with E-state index in [1.165, 1.54) is 30.7 Å². The highest BCUT2D eigenvalue weighted by Gasteiger charge is 2.11. The molecule has 0 fully saturated rings. The molecule has 0 unspecified atom stereocenters. The van der Waals surface area contributed by atoms with Gasteiger partial charge in [-0.2, -0.15) is 0 Å². The van der Waals surface area contributed by atoms with Crippen LogP contribution in [0, 0.1) is 18.1 Å². The van der Waals surface area contributed by atoms with Crippen molar-refractivity contribution in [1.29, 1.82) is 0 Å². The predicted molar refractivity (Wildman–Crippen MR) is 65.3 cm³/mol. The molecule has 17 heavy (non-hydrogen) atoms. The maximum absolute atomic E-state index is 13.6. The minimum Gasteiger partial charge on any atom is -0.205 e. The lowest BCUT2D eigenvalue weighted by atomic mass is 10.0. The van der Waals surface area contributed by atoms with Crippen LogP contribution in [0.1, 0.15) is 11.1 Å². The standard InChI is InChI=1S/C13H7Cl2F2/c14-10-5-1-3-8(12(10)16)7-9-4-2-6-11(15)13(9)17/h1-7H. The minimum absolute atomic E-state index is 0.00110. The first-order chi connectivity index (χ1) is 8.09. The fourth-order valence-corrected chi connectivity index (χ4v) is 1.80. The third-order valence-electron chi connectivity index (χ3n) is 2.27. The highest BCUT2D eigenvalue weighted by molar-refractivity contribution is 6.31. The van der Waals surface area contributed by atoms with E-state index in [9.17, 15) is 8.78 Å². The molecule has 0 aromatic heterocycles. The first-order valence-electron chi connectivity index (χ1n) is 4.82. The lowest BCUT2D eigenvalue weighted by Gasteiger charge is -2.06. The predicted octanol–water partition coefficient (Wildman–Crippen LogP) is 4.87. The molecular formula is C13H7Cl2F2. The lowest BCUT2D eigenvalue weighted by Crippen LogP contribution is -1.94. The zero-order valence-electron chi connectivity index (χ0n) is 8.55. The van der Waals surface area contributed by atoms with Gasteiger partial charge in [0.05, 0.1) is 10.0 Å². The van der Waals surface area contributed by atoms with Crippen LogP contribution in [0.5, 0.6) is 0 Å². The van der Waals surface area contributed by atoms with Crippen LogP contribution < -0.4 is 0 Å². The molecule has 4 heteroatoms. The largest absolute Gasteiger partial charge is 0.205 e. The van der Waals surface area contributed by atoms with Gasteiger partial charge in [0.1, 0.15) is 11.6 Å². The lowest BCUT2D eigenvalue weighted by molar-refractivity contribution is 0.612. The zero-order valence-corrected chi connectivity index (χ0v) is 10.1. The van der Waals surface area contributed by atoms with E-state index in [0.29, 0.717) is 0 Å². The van der Waals surface area contributed by atoms with E-state index in [1.807, 2.05) is 0 Å². The average Bonchev–Trinajstić information content (AvgIpc) is 2.31. The SMILES string of the molecule is Fc1c(Cl)cccc1[CH]c1cccc(Cl)c1F. The second-order valence-corrected chi connectivity index (χ2v) is 4.24. The summed E-state index contributed by atoms with van der Waals surface area (Å²) in [6.45, 7) is 0. The molecule has 2 rings (SSSR count). The molecule has 0 aliphatic carbocycles. The Labute approximate surface area is 108 Å². The van der Waals surface area contributed by atoms with E-state index < -0.39 is 11.6 Å². The summed E-state index contributed by atoms with van der Waals surface area (Å²) in [7, 11) is 0. The monoisotopic (exact) mass is 271 g/mol. The van der Waals surface area contributed by atoms with E-state index >= 15 is 0 Å². The molecule has 1 radical (unpaired) electrons. The molecule has 0 amide bonds. The summed E-state index contributed by atoms with van der Waals surface area (Å²) in [4.78, 5) is 0. The molecule has 2 aromatic rings. The van der Waals surface area contributed by atoms with Crippen molar-refractivity contribution in [1.82, 2.24) is 0 Å². The third kappa shape index (κ3) is 2.59. The van der Waals surface area contributed by atoms with Gasteiger partial charge >= 0.3 is 0 Å². The van der Waals surface area contributed by atoms with E-state index in [2.05, 4.69) is 0 Å². The van der Waals surface area contributed by atoms with Crippen LogP contribution in [0.3, 0.4) is 0 Å². The molecule has 2 aromatic carbocycles. The maximum atomic E-state index is 13.6. The van der Waals surface area contributed by atoms with Gasteiger partial charge in [0.15, 0.2) is 0 Å². The van der Waals surface area contributed by atoms with Crippen LogP contribution in [0.15, 0.2) is 36.4 Å². The smallest absolute Gasteiger partial charge is 0.145 e. The highest BCUT2D eigenvalue weighted by atomic mass is 35.5. The molecule has 0 nitrogen and oxygen atoms in total. The van der Waals surface area contributed by atoms with Crippen molar-refractivity contribution in [2.45, 2.75) is 0 Å². The average molecular weight is 272 g/mol. The van der Waals surface area contributed by atoms with Gasteiger partial charge in [0, 0.05) is 6.42 Å². The van der Waals surface area contributed by atoms with E-state index in [0.717, 1.165) is 0 Å². The Morgan fingerprint density at radius 2 is 1.18 bits per heavy atom. The number of hydrogen-bond donors (Lipinski definition) is 0. The van der Waals surface area contributed by atoms with Gasteiger partial charge in [0.2, 0.25) is 0 Å². The first kappa shape index (κ1) is 12.3. The van der Waals surface area contributed by atoms with Gasteiger partial charge < -0.3 is 0 Å². The topological polar surface area (TPSA) is 0 Å². The van der Waals surface area contributed by atoms with E-state index in [4.69, 9.17) is 23.2 Å². The Morgan fingerprint density at radius 1 is 0.765 bits per heavy atom. The number of rotatable bonds is 2. The Hall–Kier alpha value is -1.12. The van der Waals surface area contributed by atoms with Crippen LogP contribution in [0.4, 0.5) is 8.78 Å². The summed E-state index contributed by atoms with van der Waals surface area (Å²) < 4.78 is 27.2. The molecule has 0 spiro atoms. The van der Waals surface area contributed by atoms with Crippen LogP contribution in [0.25, 0.3) is 0 Å². The van der Waals surface area contributed by atoms with Crippen molar-refractivity contribution >= 4 is 23.2 Å². The zero-order chi connectivity index (χ0) is 12.4.